The fraction of sp³-hybridized carbons (Fsp3) is 0.676. The topological polar surface area (TPSA) is 30.5 Å². The summed E-state index contributed by atoms with van der Waals surface area (Å²) in [6, 6.07) is 18.2. The zero-order valence-corrected chi connectivity index (χ0v) is 26.5. The summed E-state index contributed by atoms with van der Waals surface area (Å²) >= 11 is 0. The van der Waals surface area contributed by atoms with E-state index in [4.69, 9.17) is 9.78 Å². The fourth-order valence-electron chi connectivity index (χ4n) is 5.59. The Balaban J connectivity index is 1.75. The molecule has 0 heterocycles. The van der Waals surface area contributed by atoms with Crippen molar-refractivity contribution >= 4 is 0 Å². The van der Waals surface area contributed by atoms with Crippen molar-refractivity contribution in [3.05, 3.63) is 65.2 Å². The Morgan fingerprint density at radius 2 is 1.05 bits per heavy atom. The molecular formula is C37H61NO2. The molecule has 226 valence electrons. The summed E-state index contributed by atoms with van der Waals surface area (Å²) in [7, 11) is 0. The molecule has 0 aliphatic heterocycles. The smallest absolute Gasteiger partial charge is 0.165 e. The van der Waals surface area contributed by atoms with Gasteiger partial charge in [-0.3, -0.25) is 5.32 Å². The first kappa shape index (κ1) is 34.4. The largest absolute Gasteiger partial charge is 0.336 e. The molecule has 0 bridgehead atoms. The van der Waals surface area contributed by atoms with E-state index in [1.54, 1.807) is 0 Å². The van der Waals surface area contributed by atoms with E-state index in [9.17, 15) is 0 Å². The lowest BCUT2D eigenvalue weighted by Crippen LogP contribution is -2.31. The van der Waals surface area contributed by atoms with Gasteiger partial charge in [0.2, 0.25) is 0 Å². The zero-order valence-electron chi connectivity index (χ0n) is 26.5. The molecule has 0 aliphatic carbocycles. The maximum atomic E-state index is 5.57. The molecule has 0 fully saturated rings. The van der Waals surface area contributed by atoms with Crippen molar-refractivity contribution < 1.29 is 9.78 Å². The van der Waals surface area contributed by atoms with Gasteiger partial charge in [0.05, 0.1) is 0 Å². The Morgan fingerprint density at radius 1 is 0.550 bits per heavy atom. The van der Waals surface area contributed by atoms with Crippen molar-refractivity contribution in [1.82, 2.24) is 5.32 Å². The normalized spacial score (nSPS) is 12.9. The first-order valence-corrected chi connectivity index (χ1v) is 16.9. The molecule has 0 radical (unpaired) electrons. The molecule has 0 aliphatic rings. The molecule has 1 N–H and O–H groups in total. The highest BCUT2D eigenvalue weighted by molar-refractivity contribution is 5.32. The van der Waals surface area contributed by atoms with E-state index in [0.29, 0.717) is 12.8 Å². The van der Waals surface area contributed by atoms with E-state index in [2.05, 4.69) is 69.4 Å². The molecule has 40 heavy (non-hydrogen) atoms. The number of benzene rings is 2. The standard InChI is InChI=1S/C37H61NO2/c1-5-9-13-15-18-32(17-11-7-3)29-33-21-23-34(24-22-33)30-35-25-27-37(28-26-35)40-39-31-38-36(19-12-8-4)20-16-14-10-6-2/h21-28,32,36,38H,5-20,29-31H2,1-4H3. The minimum atomic E-state index is 0.425. The number of unbranched alkanes of at least 4 members (excludes halogenated alkanes) is 8. The SMILES string of the molecule is CCCCCCC(CCCC)Cc1ccc(Cc2ccc(OOCNC(CCCC)CCCCCC)cc2)cc1. The third-order valence-corrected chi connectivity index (χ3v) is 8.21. The van der Waals surface area contributed by atoms with Crippen LogP contribution < -0.4 is 10.2 Å². The van der Waals surface area contributed by atoms with E-state index in [0.717, 1.165) is 18.1 Å². The summed E-state index contributed by atoms with van der Waals surface area (Å²) in [6.45, 7) is 9.56. The second kappa shape index (κ2) is 22.8. The lowest BCUT2D eigenvalue weighted by atomic mass is 9.89. The summed E-state index contributed by atoms with van der Waals surface area (Å²) in [4.78, 5) is 11.1. The third kappa shape index (κ3) is 15.8. The highest BCUT2D eigenvalue weighted by Gasteiger charge is 2.10. The molecule has 2 aromatic carbocycles. The molecule has 2 atom stereocenters. The van der Waals surface area contributed by atoms with Crippen LogP contribution in [0.4, 0.5) is 0 Å². The van der Waals surface area contributed by atoms with E-state index in [1.807, 2.05) is 12.1 Å². The van der Waals surface area contributed by atoms with Crippen LogP contribution in [0.5, 0.6) is 5.75 Å². The molecule has 2 unspecified atom stereocenters. The first-order valence-electron chi connectivity index (χ1n) is 16.9. The van der Waals surface area contributed by atoms with Crippen molar-refractivity contribution in [2.45, 2.75) is 149 Å². The van der Waals surface area contributed by atoms with Gasteiger partial charge in [-0.25, -0.2) is 0 Å². The van der Waals surface area contributed by atoms with Gasteiger partial charge >= 0.3 is 0 Å². The highest BCUT2D eigenvalue weighted by atomic mass is 17.2. The van der Waals surface area contributed by atoms with Gasteiger partial charge in [-0.15, -0.1) is 0 Å². The number of hydrogen-bond acceptors (Lipinski definition) is 3. The summed E-state index contributed by atoms with van der Waals surface area (Å²) in [6.07, 6.45) is 23.2. The minimum Gasteiger partial charge on any atom is -0.336 e. The van der Waals surface area contributed by atoms with Gasteiger partial charge in [0.15, 0.2) is 5.75 Å². The lowest BCUT2D eigenvalue weighted by Gasteiger charge is -2.18. The summed E-state index contributed by atoms with van der Waals surface area (Å²) in [5.41, 5.74) is 4.15. The Labute approximate surface area is 247 Å². The average molecular weight is 552 g/mol. The summed E-state index contributed by atoms with van der Waals surface area (Å²) in [5, 5.41) is 3.54. The second-order valence-electron chi connectivity index (χ2n) is 11.9. The van der Waals surface area contributed by atoms with Crippen molar-refractivity contribution in [2.75, 3.05) is 6.73 Å². The Hall–Kier alpha value is -1.84. The van der Waals surface area contributed by atoms with Crippen molar-refractivity contribution in [3.63, 3.8) is 0 Å². The van der Waals surface area contributed by atoms with E-state index >= 15 is 0 Å². The molecule has 2 rings (SSSR count). The summed E-state index contributed by atoms with van der Waals surface area (Å²) < 4.78 is 0. The van der Waals surface area contributed by atoms with Gasteiger partial charge in [0, 0.05) is 6.04 Å². The highest BCUT2D eigenvalue weighted by Crippen LogP contribution is 2.23. The molecule has 3 nitrogen and oxygen atoms in total. The number of nitrogens with one attached hydrogen (secondary N) is 1. The monoisotopic (exact) mass is 551 g/mol. The lowest BCUT2D eigenvalue weighted by molar-refractivity contribution is -0.214. The maximum Gasteiger partial charge on any atom is 0.165 e. The van der Waals surface area contributed by atoms with Gasteiger partial charge in [-0.1, -0.05) is 154 Å². The van der Waals surface area contributed by atoms with Crippen LogP contribution >= 0.6 is 0 Å². The van der Waals surface area contributed by atoms with Crippen LogP contribution in [0.1, 0.15) is 147 Å². The second-order valence-corrected chi connectivity index (χ2v) is 11.9. The Kier molecular flexibility index (Phi) is 19.6. The van der Waals surface area contributed by atoms with Crippen molar-refractivity contribution in [1.29, 1.82) is 0 Å². The number of hydrogen-bond donors (Lipinski definition) is 1. The number of rotatable bonds is 25. The van der Waals surface area contributed by atoms with Crippen molar-refractivity contribution in [3.8, 4) is 5.75 Å². The van der Waals surface area contributed by atoms with Crippen LogP contribution in [0.25, 0.3) is 0 Å². The molecular weight excluding hydrogens is 490 g/mol. The van der Waals surface area contributed by atoms with Crippen LogP contribution in [0.2, 0.25) is 0 Å². The molecule has 0 saturated carbocycles. The van der Waals surface area contributed by atoms with E-state index in [1.165, 1.54) is 126 Å². The van der Waals surface area contributed by atoms with Crippen molar-refractivity contribution in [2.24, 2.45) is 5.92 Å². The first-order chi connectivity index (χ1) is 19.7. The zero-order chi connectivity index (χ0) is 28.7. The minimum absolute atomic E-state index is 0.425. The molecule has 0 saturated heterocycles. The average Bonchev–Trinajstić information content (AvgIpc) is 2.98. The van der Waals surface area contributed by atoms with Crippen LogP contribution in [0.3, 0.4) is 0 Å². The predicted molar refractivity (Wildman–Crippen MR) is 173 cm³/mol. The van der Waals surface area contributed by atoms with Gasteiger partial charge in [-0.2, -0.15) is 4.89 Å². The molecule has 2 aromatic rings. The quantitative estimate of drug-likeness (QED) is 0.0576. The van der Waals surface area contributed by atoms with Gasteiger partial charge in [0.25, 0.3) is 0 Å². The van der Waals surface area contributed by atoms with Crippen LogP contribution in [0.15, 0.2) is 48.5 Å². The molecule has 0 aromatic heterocycles. The fourth-order valence-corrected chi connectivity index (χ4v) is 5.59. The van der Waals surface area contributed by atoms with Gasteiger partial charge in [0.1, 0.15) is 6.73 Å². The molecule has 0 amide bonds. The van der Waals surface area contributed by atoms with Gasteiger partial charge < -0.3 is 4.89 Å². The maximum absolute atomic E-state index is 5.57. The van der Waals surface area contributed by atoms with E-state index < -0.39 is 0 Å². The van der Waals surface area contributed by atoms with Crippen LogP contribution in [-0.4, -0.2) is 12.8 Å². The summed E-state index contributed by atoms with van der Waals surface area (Å²) in [5.74, 6) is 1.59. The Morgan fingerprint density at radius 3 is 1.68 bits per heavy atom. The predicted octanol–water partition coefficient (Wildman–Crippen LogP) is 11.0. The van der Waals surface area contributed by atoms with Gasteiger partial charge in [-0.05, 0) is 60.4 Å². The third-order valence-electron chi connectivity index (χ3n) is 8.21. The van der Waals surface area contributed by atoms with E-state index in [-0.39, 0.29) is 0 Å². The van der Waals surface area contributed by atoms with Crippen LogP contribution in [0, 0.1) is 5.92 Å². The molecule has 0 spiro atoms. The van der Waals surface area contributed by atoms with Crippen LogP contribution in [-0.2, 0) is 17.7 Å². The Bertz CT molecular complexity index is 832. The molecule has 3 heteroatoms.